The van der Waals surface area contributed by atoms with Gasteiger partial charge in [-0.1, -0.05) is 48.0 Å². The molecule has 4 heteroatoms. The number of hydrogen-bond acceptors (Lipinski definition) is 3. The molecule has 0 N–H and O–H groups in total. The molecular weight excluding hydrogens is 404 g/mol. The predicted molar refractivity (Wildman–Crippen MR) is 128 cm³/mol. The summed E-state index contributed by atoms with van der Waals surface area (Å²) < 4.78 is 6.22. The Balaban J connectivity index is 1.33. The Bertz CT molecular complexity index is 1010. The summed E-state index contributed by atoms with van der Waals surface area (Å²) in [5.74, 6) is 0.874. The molecule has 1 saturated heterocycles. The first kappa shape index (κ1) is 20.4. The van der Waals surface area contributed by atoms with E-state index in [2.05, 4.69) is 58.3 Å². The molecule has 2 aliphatic rings. The minimum Gasteiger partial charge on any atom is -0.491 e. The van der Waals surface area contributed by atoms with Crippen LogP contribution in [0.4, 0.5) is 5.69 Å². The highest BCUT2D eigenvalue weighted by atomic mass is 35.5. The van der Waals surface area contributed by atoms with Crippen molar-refractivity contribution < 1.29 is 4.74 Å². The zero-order chi connectivity index (χ0) is 21.0. The van der Waals surface area contributed by atoms with Crippen molar-refractivity contribution in [3.63, 3.8) is 0 Å². The fraction of sp³-hybridized carbons (Fsp3) is 0.333. The Morgan fingerprint density at radius 2 is 1.68 bits per heavy atom. The van der Waals surface area contributed by atoms with Crippen molar-refractivity contribution in [2.24, 2.45) is 0 Å². The first-order valence-electron chi connectivity index (χ1n) is 11.3. The van der Waals surface area contributed by atoms with Crippen molar-refractivity contribution in [1.82, 2.24) is 4.90 Å². The number of nitrogens with zero attached hydrogens (tertiary/aromatic N) is 2. The summed E-state index contributed by atoms with van der Waals surface area (Å²) in [5.41, 5.74) is 5.76. The van der Waals surface area contributed by atoms with E-state index in [9.17, 15) is 0 Å². The standard InChI is InChI=1S/C27H29ClN2O/c28-24-10-13-27(14-11-24)31-20-26-19-29(18-21-5-2-1-3-6-21)15-16-30(26)25-12-9-22-7-4-8-23(22)17-25/h1-3,5-6,9-14,17,26H,4,7-8,15-16,18-20H2. The van der Waals surface area contributed by atoms with Crippen LogP contribution in [0, 0.1) is 0 Å². The van der Waals surface area contributed by atoms with Crippen LogP contribution in [0.3, 0.4) is 0 Å². The lowest BCUT2D eigenvalue weighted by Gasteiger charge is -2.43. The predicted octanol–water partition coefficient (Wildman–Crippen LogP) is 5.60. The zero-order valence-electron chi connectivity index (χ0n) is 17.8. The Labute approximate surface area is 190 Å². The average Bonchev–Trinajstić information content (AvgIpc) is 3.27. The van der Waals surface area contributed by atoms with Gasteiger partial charge < -0.3 is 9.64 Å². The molecular formula is C27H29ClN2O. The molecule has 1 fully saturated rings. The molecule has 5 rings (SSSR count). The van der Waals surface area contributed by atoms with Gasteiger partial charge in [-0.25, -0.2) is 0 Å². The molecule has 160 valence electrons. The molecule has 1 atom stereocenters. The van der Waals surface area contributed by atoms with Crippen LogP contribution in [0.25, 0.3) is 0 Å². The van der Waals surface area contributed by atoms with Gasteiger partial charge in [0.1, 0.15) is 12.4 Å². The molecule has 0 radical (unpaired) electrons. The second-order valence-corrected chi connectivity index (χ2v) is 9.08. The Hall–Kier alpha value is -2.49. The van der Waals surface area contributed by atoms with Gasteiger partial charge >= 0.3 is 0 Å². The van der Waals surface area contributed by atoms with Crippen LogP contribution in [0.15, 0.2) is 72.8 Å². The summed E-state index contributed by atoms with van der Waals surface area (Å²) >= 11 is 6.04. The number of fused-ring (bicyclic) bond motifs is 1. The van der Waals surface area contributed by atoms with Crippen LogP contribution in [0.5, 0.6) is 5.75 Å². The van der Waals surface area contributed by atoms with Crippen LogP contribution < -0.4 is 9.64 Å². The van der Waals surface area contributed by atoms with Gasteiger partial charge in [-0.15, -0.1) is 0 Å². The van der Waals surface area contributed by atoms with Crippen LogP contribution in [0.2, 0.25) is 5.02 Å². The number of ether oxygens (including phenoxy) is 1. The van der Waals surface area contributed by atoms with Gasteiger partial charge in [-0.2, -0.15) is 0 Å². The maximum atomic E-state index is 6.22. The molecule has 31 heavy (non-hydrogen) atoms. The van der Waals surface area contributed by atoms with E-state index in [1.54, 1.807) is 0 Å². The third-order valence-corrected chi connectivity index (χ3v) is 6.74. The number of benzene rings is 3. The van der Waals surface area contributed by atoms with E-state index in [1.807, 2.05) is 24.3 Å². The molecule has 0 saturated carbocycles. The first-order valence-corrected chi connectivity index (χ1v) is 11.7. The lowest BCUT2D eigenvalue weighted by molar-refractivity contribution is 0.174. The Morgan fingerprint density at radius 1 is 0.871 bits per heavy atom. The molecule has 1 aliphatic carbocycles. The Kier molecular flexibility index (Phi) is 6.15. The summed E-state index contributed by atoms with van der Waals surface area (Å²) in [4.78, 5) is 5.10. The largest absolute Gasteiger partial charge is 0.491 e. The quantitative estimate of drug-likeness (QED) is 0.504. The fourth-order valence-corrected chi connectivity index (χ4v) is 4.97. The lowest BCUT2D eigenvalue weighted by Crippen LogP contribution is -2.55. The molecule has 0 spiro atoms. The van der Waals surface area contributed by atoms with Gasteiger partial charge in [0.25, 0.3) is 0 Å². The molecule has 1 unspecified atom stereocenters. The maximum Gasteiger partial charge on any atom is 0.119 e. The van der Waals surface area contributed by atoms with Crippen molar-refractivity contribution in [3.05, 3.63) is 94.5 Å². The minimum atomic E-state index is 0.299. The van der Waals surface area contributed by atoms with Crippen molar-refractivity contribution in [1.29, 1.82) is 0 Å². The van der Waals surface area contributed by atoms with Gasteiger partial charge in [-0.05, 0) is 72.4 Å². The van der Waals surface area contributed by atoms with Crippen LogP contribution in [-0.4, -0.2) is 37.2 Å². The van der Waals surface area contributed by atoms with Gasteiger partial charge in [0.2, 0.25) is 0 Å². The molecule has 3 nitrogen and oxygen atoms in total. The number of rotatable bonds is 6. The number of anilines is 1. The lowest BCUT2D eigenvalue weighted by atomic mass is 10.1. The SMILES string of the molecule is Clc1ccc(OCC2CN(Cc3ccccc3)CCN2c2ccc3c(c2)CCC3)cc1. The summed E-state index contributed by atoms with van der Waals surface area (Å²) in [5, 5.41) is 0.735. The number of aryl methyl sites for hydroxylation is 2. The Morgan fingerprint density at radius 3 is 2.52 bits per heavy atom. The maximum absolute atomic E-state index is 6.22. The third-order valence-electron chi connectivity index (χ3n) is 6.49. The van der Waals surface area contributed by atoms with E-state index in [-0.39, 0.29) is 0 Å². The summed E-state index contributed by atoms with van der Waals surface area (Å²) in [7, 11) is 0. The topological polar surface area (TPSA) is 15.7 Å². The molecule has 3 aromatic rings. The smallest absolute Gasteiger partial charge is 0.119 e. The van der Waals surface area contributed by atoms with Gasteiger partial charge in [0.05, 0.1) is 6.04 Å². The van der Waals surface area contributed by atoms with E-state index < -0.39 is 0 Å². The van der Waals surface area contributed by atoms with Crippen molar-refractivity contribution in [2.45, 2.75) is 31.8 Å². The van der Waals surface area contributed by atoms with Crippen LogP contribution in [0.1, 0.15) is 23.1 Å². The molecule has 1 aliphatic heterocycles. The highest BCUT2D eigenvalue weighted by Gasteiger charge is 2.28. The van der Waals surface area contributed by atoms with Crippen LogP contribution >= 0.6 is 11.6 Å². The fourth-order valence-electron chi connectivity index (χ4n) is 4.85. The highest BCUT2D eigenvalue weighted by molar-refractivity contribution is 6.30. The van der Waals surface area contributed by atoms with Crippen LogP contribution in [-0.2, 0) is 19.4 Å². The van der Waals surface area contributed by atoms with E-state index >= 15 is 0 Å². The molecule has 1 heterocycles. The number of piperazine rings is 1. The van der Waals surface area contributed by atoms with Crippen molar-refractivity contribution in [3.8, 4) is 5.75 Å². The average molecular weight is 433 g/mol. The van der Waals surface area contributed by atoms with Gasteiger partial charge in [0.15, 0.2) is 0 Å². The minimum absolute atomic E-state index is 0.299. The number of hydrogen-bond donors (Lipinski definition) is 0. The monoisotopic (exact) mass is 432 g/mol. The zero-order valence-corrected chi connectivity index (χ0v) is 18.6. The highest BCUT2D eigenvalue weighted by Crippen LogP contribution is 2.29. The van der Waals surface area contributed by atoms with E-state index in [0.29, 0.717) is 12.6 Å². The summed E-state index contributed by atoms with van der Waals surface area (Å²) in [6, 6.07) is 25.8. The third kappa shape index (κ3) is 4.89. The summed E-state index contributed by atoms with van der Waals surface area (Å²) in [6.45, 7) is 4.70. The molecule has 0 bridgehead atoms. The second-order valence-electron chi connectivity index (χ2n) is 8.64. The second kappa shape index (κ2) is 9.33. The molecule has 0 amide bonds. The van der Waals surface area contributed by atoms with Crippen molar-refractivity contribution >= 4 is 17.3 Å². The van der Waals surface area contributed by atoms with E-state index in [4.69, 9.17) is 16.3 Å². The first-order chi connectivity index (χ1) is 15.2. The normalized spacial score (nSPS) is 18.7. The molecule has 3 aromatic carbocycles. The van der Waals surface area contributed by atoms with E-state index in [1.165, 1.54) is 41.6 Å². The van der Waals surface area contributed by atoms with E-state index in [0.717, 1.165) is 37.0 Å². The summed E-state index contributed by atoms with van der Waals surface area (Å²) in [6.07, 6.45) is 3.72. The van der Waals surface area contributed by atoms with Crippen molar-refractivity contribution in [2.75, 3.05) is 31.1 Å². The number of halogens is 1. The molecule has 0 aromatic heterocycles. The van der Waals surface area contributed by atoms with Gasteiger partial charge in [-0.3, -0.25) is 4.90 Å². The van der Waals surface area contributed by atoms with Gasteiger partial charge in [0, 0.05) is 36.9 Å².